The van der Waals surface area contributed by atoms with Crippen LogP contribution in [-0.2, 0) is 32.0 Å². The van der Waals surface area contributed by atoms with E-state index >= 15 is 0 Å². The van der Waals surface area contributed by atoms with Gasteiger partial charge in [0.2, 0.25) is 11.8 Å². The molecule has 2 saturated carbocycles. The van der Waals surface area contributed by atoms with Crippen LogP contribution in [0.3, 0.4) is 0 Å². The molecule has 0 atom stereocenters. The van der Waals surface area contributed by atoms with Gasteiger partial charge < -0.3 is 10.6 Å². The minimum atomic E-state index is -0.914. The zero-order valence-corrected chi connectivity index (χ0v) is 40.2. The Morgan fingerprint density at radius 3 is 1.29 bits per heavy atom. The third-order valence-corrected chi connectivity index (χ3v) is 14.0. The number of amides is 8. The van der Waals surface area contributed by atoms with Gasteiger partial charge in [0.1, 0.15) is 24.2 Å². The summed E-state index contributed by atoms with van der Waals surface area (Å²) in [6, 6.07) is 22.3. The highest BCUT2D eigenvalue weighted by Gasteiger charge is 2.59. The second-order valence-corrected chi connectivity index (χ2v) is 19.0. The van der Waals surface area contributed by atoms with Gasteiger partial charge in [-0.3, -0.25) is 38.8 Å². The minimum absolute atomic E-state index is 0.247. The van der Waals surface area contributed by atoms with Gasteiger partial charge >= 0.3 is 12.1 Å². The van der Waals surface area contributed by atoms with Crippen molar-refractivity contribution in [3.63, 3.8) is 0 Å². The Labute approximate surface area is 394 Å². The van der Waals surface area contributed by atoms with Crippen LogP contribution in [-0.4, -0.2) is 69.7 Å². The van der Waals surface area contributed by atoms with Crippen molar-refractivity contribution in [2.75, 3.05) is 33.5 Å². The fraction of sp³-hybridized carbons (Fsp3) is 0.434. The number of aryl methyl sites for hydroxylation is 7. The van der Waals surface area contributed by atoms with Crippen LogP contribution < -0.4 is 20.4 Å². The van der Waals surface area contributed by atoms with Crippen molar-refractivity contribution in [2.24, 2.45) is 0 Å². The molecule has 12 nitrogen and oxygen atoms in total. The number of nitrogens with zero attached hydrogens (tertiary/aromatic N) is 4. The SMILES string of the molecule is CCc1cc(C)cc(CC)c1NC(=O)CN1C(=O)N(c2ccc(C)cc2)C2(CCCCC2)C1=O.Cc1ccc(N2C(=O)N(CC(=O)Nc3c(C)cc(C)cc3Cl)C(=O)C23CCCCC3)cc1. The van der Waals surface area contributed by atoms with E-state index in [4.69, 9.17) is 11.6 Å². The van der Waals surface area contributed by atoms with Gasteiger partial charge in [0.25, 0.3) is 11.8 Å². The Kier molecular flexibility index (Phi) is 14.4. The summed E-state index contributed by atoms with van der Waals surface area (Å²) in [6.45, 7) is 13.3. The van der Waals surface area contributed by atoms with Crippen molar-refractivity contribution in [1.82, 2.24) is 9.80 Å². The van der Waals surface area contributed by atoms with Crippen molar-refractivity contribution in [3.8, 4) is 0 Å². The molecule has 2 spiro atoms. The molecule has 13 heteroatoms. The van der Waals surface area contributed by atoms with Crippen molar-refractivity contribution in [2.45, 2.75) is 137 Å². The van der Waals surface area contributed by atoms with E-state index in [1.807, 2.05) is 82.3 Å². The van der Waals surface area contributed by atoms with Gasteiger partial charge in [-0.2, -0.15) is 0 Å². The molecule has 66 heavy (non-hydrogen) atoms. The van der Waals surface area contributed by atoms with Gasteiger partial charge in [0, 0.05) is 17.1 Å². The first-order chi connectivity index (χ1) is 31.5. The molecule has 4 aromatic rings. The van der Waals surface area contributed by atoms with E-state index in [2.05, 4.69) is 43.5 Å². The van der Waals surface area contributed by atoms with Gasteiger partial charge in [-0.05, 0) is 126 Å². The second-order valence-electron chi connectivity index (χ2n) is 18.6. The molecule has 8 rings (SSSR count). The summed E-state index contributed by atoms with van der Waals surface area (Å²) in [6.07, 6.45) is 9.66. The van der Waals surface area contributed by atoms with E-state index in [0.29, 0.717) is 47.8 Å². The molecule has 0 bridgehead atoms. The van der Waals surface area contributed by atoms with Crippen LogP contribution >= 0.6 is 11.6 Å². The normalized spacial score (nSPS) is 17.7. The number of hydrogen-bond donors (Lipinski definition) is 2. The zero-order valence-electron chi connectivity index (χ0n) is 39.4. The van der Waals surface area contributed by atoms with E-state index in [0.717, 1.165) is 106 Å². The third-order valence-electron chi connectivity index (χ3n) is 13.7. The first-order valence-electron chi connectivity index (χ1n) is 23.5. The topological polar surface area (TPSA) is 139 Å². The van der Waals surface area contributed by atoms with Crippen LogP contribution in [0.1, 0.15) is 117 Å². The molecule has 4 fully saturated rings. The number of nitrogens with one attached hydrogen (secondary N) is 2. The number of hydrogen-bond acceptors (Lipinski definition) is 6. The van der Waals surface area contributed by atoms with Crippen LogP contribution in [0, 0.1) is 34.6 Å². The molecule has 4 aromatic carbocycles. The monoisotopic (exact) mass is 914 g/mol. The van der Waals surface area contributed by atoms with Gasteiger partial charge in [-0.1, -0.05) is 123 Å². The summed E-state index contributed by atoms with van der Waals surface area (Å²) in [5.74, 6) is -1.32. The average molecular weight is 916 g/mol. The Morgan fingerprint density at radius 1 is 0.530 bits per heavy atom. The second kappa shape index (κ2) is 19.8. The molecule has 0 aromatic heterocycles. The molecule has 0 radical (unpaired) electrons. The highest BCUT2D eigenvalue weighted by Crippen LogP contribution is 2.45. The van der Waals surface area contributed by atoms with E-state index in [-0.39, 0.29) is 30.8 Å². The van der Waals surface area contributed by atoms with E-state index in [1.54, 1.807) is 15.9 Å². The minimum Gasteiger partial charge on any atom is -0.324 e. The van der Waals surface area contributed by atoms with Crippen LogP contribution in [0.2, 0.25) is 5.02 Å². The largest absolute Gasteiger partial charge is 0.332 e. The maximum atomic E-state index is 13.7. The first kappa shape index (κ1) is 47.9. The van der Waals surface area contributed by atoms with Crippen molar-refractivity contribution in [1.29, 1.82) is 0 Å². The summed E-state index contributed by atoms with van der Waals surface area (Å²) < 4.78 is 0. The molecule has 0 unspecified atom stereocenters. The predicted molar refractivity (Wildman–Crippen MR) is 261 cm³/mol. The molecule has 2 heterocycles. The summed E-state index contributed by atoms with van der Waals surface area (Å²) >= 11 is 6.31. The lowest BCUT2D eigenvalue weighted by Crippen LogP contribution is -2.51. The molecule has 348 valence electrons. The molecule has 2 aliphatic heterocycles. The number of imide groups is 2. The lowest BCUT2D eigenvalue weighted by molar-refractivity contribution is -0.134. The van der Waals surface area contributed by atoms with E-state index in [9.17, 15) is 28.8 Å². The summed E-state index contributed by atoms with van der Waals surface area (Å²) in [7, 11) is 0. The average Bonchev–Trinajstić information content (AvgIpc) is 3.60. The first-order valence-corrected chi connectivity index (χ1v) is 23.9. The maximum Gasteiger partial charge on any atom is 0.332 e. The van der Waals surface area contributed by atoms with Crippen molar-refractivity contribution < 1.29 is 28.8 Å². The van der Waals surface area contributed by atoms with E-state index < -0.39 is 29.0 Å². The van der Waals surface area contributed by atoms with Gasteiger partial charge in [0.15, 0.2) is 0 Å². The van der Waals surface area contributed by atoms with Crippen LogP contribution in [0.15, 0.2) is 72.8 Å². The summed E-state index contributed by atoms with van der Waals surface area (Å²) in [5, 5.41) is 6.25. The maximum absolute atomic E-state index is 13.7. The van der Waals surface area contributed by atoms with Crippen molar-refractivity contribution >= 4 is 70.0 Å². The summed E-state index contributed by atoms with van der Waals surface area (Å²) in [4.78, 5) is 85.9. The third kappa shape index (κ3) is 9.34. The number of benzene rings is 4. The number of carbonyl (C=O) groups excluding carboxylic acids is 6. The lowest BCUT2D eigenvalue weighted by atomic mass is 9.80. The number of urea groups is 2. The number of rotatable bonds is 10. The van der Waals surface area contributed by atoms with E-state index in [1.165, 1.54) is 0 Å². The molecule has 4 aliphatic rings. The highest BCUT2D eigenvalue weighted by molar-refractivity contribution is 6.34. The number of halogens is 1. The Hall–Kier alpha value is -6.01. The van der Waals surface area contributed by atoms with Crippen LogP contribution in [0.25, 0.3) is 0 Å². The molecule has 2 saturated heterocycles. The molecule has 8 amide bonds. The Balaban J connectivity index is 0.000000197. The quantitative estimate of drug-likeness (QED) is 0.152. The fourth-order valence-corrected chi connectivity index (χ4v) is 10.8. The zero-order chi connectivity index (χ0) is 47.5. The lowest BCUT2D eigenvalue weighted by Gasteiger charge is -2.38. The van der Waals surface area contributed by atoms with Crippen molar-refractivity contribution in [3.05, 3.63) is 117 Å². The fourth-order valence-electron chi connectivity index (χ4n) is 10.4. The van der Waals surface area contributed by atoms with Crippen LogP contribution in [0.5, 0.6) is 0 Å². The van der Waals surface area contributed by atoms with Gasteiger partial charge in [-0.15, -0.1) is 0 Å². The molecule has 2 N–H and O–H groups in total. The molecular formula is C53H63ClN6O6. The number of anilines is 4. The molecular weight excluding hydrogens is 852 g/mol. The summed E-state index contributed by atoms with van der Waals surface area (Å²) in [5.41, 5.74) is 8.18. The Bertz CT molecular complexity index is 2480. The standard InChI is InChI=1S/C28H35N3O3.C25H28ClN3O3/c1-5-21-16-20(4)17-22(6-2)25(21)29-24(32)18-30-26(33)28(14-8-7-9-15-28)31(27(30)34)23-12-10-19(3)11-13-23;1-16-7-9-19(10-8-16)29-24(32)28(23(31)25(29)11-5-4-6-12-25)15-21(30)27-22-18(3)13-17(2)14-20(22)26/h10-13,16-17H,5-9,14-15,18H2,1-4H3,(H,29,32);7-10,13-14H,4-6,11-12,15H2,1-3H3,(H,27,30). The number of carbonyl (C=O) groups is 6. The smallest absolute Gasteiger partial charge is 0.324 e. The van der Waals surface area contributed by atoms with Gasteiger partial charge in [-0.25, -0.2) is 9.59 Å². The molecule has 2 aliphatic carbocycles. The van der Waals surface area contributed by atoms with Gasteiger partial charge in [0.05, 0.1) is 10.7 Å². The highest BCUT2D eigenvalue weighted by atomic mass is 35.5. The predicted octanol–water partition coefficient (Wildman–Crippen LogP) is 10.9. The Morgan fingerprint density at radius 2 is 0.909 bits per heavy atom. The van der Waals surface area contributed by atoms with Crippen LogP contribution in [0.4, 0.5) is 32.3 Å².